The largest absolute Gasteiger partial charge is 0.493 e. The molecule has 1 unspecified atom stereocenters. The first-order valence-corrected chi connectivity index (χ1v) is 9.12. The molecule has 0 aliphatic carbocycles. The summed E-state index contributed by atoms with van der Waals surface area (Å²) in [7, 11) is 0.0887. The van der Waals surface area contributed by atoms with E-state index in [9.17, 15) is 12.8 Å². The van der Waals surface area contributed by atoms with Gasteiger partial charge < -0.3 is 9.47 Å². The fraction of sp³-hybridized carbons (Fsp3) is 0.333. The third kappa shape index (κ3) is 3.77. The van der Waals surface area contributed by atoms with Crippen molar-refractivity contribution in [2.75, 3.05) is 21.3 Å². The zero-order valence-electron chi connectivity index (χ0n) is 14.9. The van der Waals surface area contributed by atoms with E-state index in [0.717, 1.165) is 27.6 Å². The second-order valence-electron chi connectivity index (χ2n) is 5.75. The number of methoxy groups -OCH3 is 2. The van der Waals surface area contributed by atoms with E-state index in [-0.39, 0.29) is 11.5 Å². The van der Waals surface area contributed by atoms with Gasteiger partial charge in [-0.05, 0) is 19.4 Å². The zero-order chi connectivity index (χ0) is 18.8. The van der Waals surface area contributed by atoms with Gasteiger partial charge in [-0.25, -0.2) is 12.8 Å². The number of aryl methyl sites for hydroxylation is 1. The summed E-state index contributed by atoms with van der Waals surface area (Å²) in [5, 5.41) is 0. The number of sulfonamides is 1. The molecule has 0 radical (unpaired) electrons. The molecule has 0 fully saturated rings. The Morgan fingerprint density at radius 2 is 1.56 bits per heavy atom. The molecule has 2 aromatic rings. The second kappa shape index (κ2) is 7.41. The minimum absolute atomic E-state index is 0.133. The molecule has 0 N–H and O–H groups in total. The number of halogens is 1. The zero-order valence-corrected chi connectivity index (χ0v) is 15.7. The third-order valence-electron chi connectivity index (χ3n) is 4.20. The van der Waals surface area contributed by atoms with E-state index in [2.05, 4.69) is 0 Å². The van der Waals surface area contributed by atoms with Gasteiger partial charge in [0.25, 0.3) is 0 Å². The molecule has 0 saturated heterocycles. The van der Waals surface area contributed by atoms with Crippen LogP contribution in [0.25, 0.3) is 0 Å². The number of ether oxygens (including phenoxy) is 2. The molecule has 7 heteroatoms. The predicted octanol–water partition coefficient (Wildman–Crippen LogP) is 3.53. The van der Waals surface area contributed by atoms with Crippen LogP contribution >= 0.6 is 0 Å². The first kappa shape index (κ1) is 19.2. The van der Waals surface area contributed by atoms with Gasteiger partial charge in [0, 0.05) is 25.2 Å². The Morgan fingerprint density at radius 1 is 1.04 bits per heavy atom. The SMILES string of the molecule is COc1cc(F)c(S(=O)(=O)N(C)C(C)c2ccc(C)cc2)cc1OC. The maximum Gasteiger partial charge on any atom is 0.246 e. The van der Waals surface area contributed by atoms with Crippen molar-refractivity contribution >= 4 is 10.0 Å². The van der Waals surface area contributed by atoms with Crippen molar-refractivity contribution in [2.24, 2.45) is 0 Å². The second-order valence-corrected chi connectivity index (χ2v) is 7.71. The van der Waals surface area contributed by atoms with Crippen LogP contribution in [0.1, 0.15) is 24.1 Å². The van der Waals surface area contributed by atoms with E-state index < -0.39 is 26.8 Å². The molecule has 25 heavy (non-hydrogen) atoms. The van der Waals surface area contributed by atoms with Crippen molar-refractivity contribution in [1.82, 2.24) is 4.31 Å². The summed E-state index contributed by atoms with van der Waals surface area (Å²) in [6.45, 7) is 3.70. The summed E-state index contributed by atoms with van der Waals surface area (Å²) < 4.78 is 51.4. The van der Waals surface area contributed by atoms with Crippen LogP contribution in [0.4, 0.5) is 4.39 Å². The summed E-state index contributed by atoms with van der Waals surface area (Å²) in [6.07, 6.45) is 0. The topological polar surface area (TPSA) is 55.8 Å². The third-order valence-corrected chi connectivity index (χ3v) is 6.14. The Kier molecular flexibility index (Phi) is 5.69. The van der Waals surface area contributed by atoms with Crippen molar-refractivity contribution in [3.8, 4) is 11.5 Å². The van der Waals surface area contributed by atoms with Crippen molar-refractivity contribution < 1.29 is 22.3 Å². The van der Waals surface area contributed by atoms with E-state index in [1.54, 1.807) is 6.92 Å². The van der Waals surface area contributed by atoms with Crippen LogP contribution < -0.4 is 9.47 Å². The minimum Gasteiger partial charge on any atom is -0.493 e. The Balaban J connectivity index is 2.45. The number of nitrogens with zero attached hydrogens (tertiary/aromatic N) is 1. The lowest BCUT2D eigenvalue weighted by Crippen LogP contribution is -2.30. The molecule has 2 aromatic carbocycles. The Labute approximate surface area is 148 Å². The van der Waals surface area contributed by atoms with Gasteiger partial charge in [0.05, 0.1) is 14.2 Å². The average molecular weight is 367 g/mol. The van der Waals surface area contributed by atoms with Crippen LogP contribution in [-0.4, -0.2) is 34.0 Å². The lowest BCUT2D eigenvalue weighted by Gasteiger charge is -2.25. The van der Waals surface area contributed by atoms with E-state index in [1.165, 1.54) is 21.3 Å². The summed E-state index contributed by atoms with van der Waals surface area (Å²) >= 11 is 0. The normalized spacial score (nSPS) is 12.9. The summed E-state index contributed by atoms with van der Waals surface area (Å²) in [4.78, 5) is -0.452. The summed E-state index contributed by atoms with van der Waals surface area (Å²) in [6, 6.07) is 9.22. The Bertz CT molecular complexity index is 850. The van der Waals surface area contributed by atoms with Crippen LogP contribution in [0.5, 0.6) is 11.5 Å². The summed E-state index contributed by atoms with van der Waals surface area (Å²) in [5.41, 5.74) is 1.89. The van der Waals surface area contributed by atoms with Crippen LogP contribution in [0.2, 0.25) is 0 Å². The molecule has 0 aromatic heterocycles. The van der Waals surface area contributed by atoms with E-state index >= 15 is 0 Å². The fourth-order valence-electron chi connectivity index (χ4n) is 2.45. The molecule has 0 aliphatic rings. The molecule has 0 bridgehead atoms. The maximum atomic E-state index is 14.4. The number of benzene rings is 2. The first-order valence-electron chi connectivity index (χ1n) is 7.68. The number of hydrogen-bond donors (Lipinski definition) is 0. The van der Waals surface area contributed by atoms with Crippen molar-refractivity contribution in [2.45, 2.75) is 24.8 Å². The van der Waals surface area contributed by atoms with E-state index in [1.807, 2.05) is 31.2 Å². The van der Waals surface area contributed by atoms with Crippen molar-refractivity contribution in [3.05, 3.63) is 53.3 Å². The van der Waals surface area contributed by atoms with Crippen LogP contribution in [0.15, 0.2) is 41.3 Å². The Morgan fingerprint density at radius 3 is 2.08 bits per heavy atom. The highest BCUT2D eigenvalue weighted by Crippen LogP contribution is 2.34. The highest BCUT2D eigenvalue weighted by molar-refractivity contribution is 7.89. The lowest BCUT2D eigenvalue weighted by molar-refractivity contribution is 0.349. The molecule has 136 valence electrons. The molecular weight excluding hydrogens is 345 g/mol. The van der Waals surface area contributed by atoms with Crippen molar-refractivity contribution in [1.29, 1.82) is 0 Å². The molecule has 0 heterocycles. The minimum atomic E-state index is -4.06. The average Bonchev–Trinajstić information content (AvgIpc) is 2.60. The van der Waals surface area contributed by atoms with Crippen LogP contribution in [0.3, 0.4) is 0 Å². The number of hydrogen-bond acceptors (Lipinski definition) is 4. The first-order chi connectivity index (χ1) is 11.7. The molecule has 2 rings (SSSR count). The maximum absolute atomic E-state index is 14.4. The Hall–Kier alpha value is -2.12. The van der Waals surface area contributed by atoms with Gasteiger partial charge in [-0.2, -0.15) is 4.31 Å². The quantitative estimate of drug-likeness (QED) is 0.784. The number of rotatable bonds is 6. The lowest BCUT2D eigenvalue weighted by atomic mass is 10.1. The molecule has 1 atom stereocenters. The van der Waals surface area contributed by atoms with Gasteiger partial charge in [0.15, 0.2) is 11.5 Å². The van der Waals surface area contributed by atoms with E-state index in [4.69, 9.17) is 9.47 Å². The highest BCUT2D eigenvalue weighted by atomic mass is 32.2. The van der Waals surface area contributed by atoms with Gasteiger partial charge in [-0.1, -0.05) is 29.8 Å². The fourth-order valence-corrected chi connectivity index (χ4v) is 3.86. The monoisotopic (exact) mass is 367 g/mol. The smallest absolute Gasteiger partial charge is 0.246 e. The van der Waals surface area contributed by atoms with Gasteiger partial charge in [-0.3, -0.25) is 0 Å². The highest BCUT2D eigenvalue weighted by Gasteiger charge is 2.30. The van der Waals surface area contributed by atoms with Gasteiger partial charge in [0.2, 0.25) is 10.0 Å². The molecule has 0 amide bonds. The summed E-state index contributed by atoms with van der Waals surface area (Å²) in [5.74, 6) is -0.604. The van der Waals surface area contributed by atoms with Crippen LogP contribution in [-0.2, 0) is 10.0 Å². The van der Waals surface area contributed by atoms with Crippen LogP contribution in [0, 0.1) is 12.7 Å². The van der Waals surface area contributed by atoms with Gasteiger partial charge in [0.1, 0.15) is 10.7 Å². The molecule has 0 aliphatic heterocycles. The molecule has 0 saturated carbocycles. The van der Waals surface area contributed by atoms with E-state index in [0.29, 0.717) is 0 Å². The predicted molar refractivity (Wildman–Crippen MR) is 94.0 cm³/mol. The molecule has 0 spiro atoms. The van der Waals surface area contributed by atoms with Crippen molar-refractivity contribution in [3.63, 3.8) is 0 Å². The standard InChI is InChI=1S/C18H22FNO4S/c1-12-6-8-14(9-7-12)13(2)20(3)25(21,22)18-11-17(24-5)16(23-4)10-15(18)19/h6-11,13H,1-5H3. The van der Waals surface area contributed by atoms with Gasteiger partial charge >= 0.3 is 0 Å². The van der Waals surface area contributed by atoms with Gasteiger partial charge in [-0.15, -0.1) is 0 Å². The molecule has 5 nitrogen and oxygen atoms in total. The molecular formula is C18H22FNO4S.